The molecule has 0 radical (unpaired) electrons. The highest BCUT2D eigenvalue weighted by atomic mass is 16.7. The van der Waals surface area contributed by atoms with Crippen molar-refractivity contribution < 1.29 is 9.47 Å². The van der Waals surface area contributed by atoms with E-state index in [1.165, 1.54) is 0 Å². The van der Waals surface area contributed by atoms with E-state index >= 15 is 0 Å². The molecular weight excluding hydrogens is 142 g/mol. The molecule has 3 heteroatoms. The van der Waals surface area contributed by atoms with E-state index in [0.29, 0.717) is 0 Å². The zero-order valence-corrected chi connectivity index (χ0v) is 7.35. The smallest absolute Gasteiger partial charge is 0.165 e. The van der Waals surface area contributed by atoms with Crippen LogP contribution in [0.15, 0.2) is 0 Å². The van der Waals surface area contributed by atoms with Crippen LogP contribution < -0.4 is 5.32 Å². The van der Waals surface area contributed by atoms with E-state index in [2.05, 4.69) is 5.32 Å². The first kappa shape index (κ1) is 8.97. The SMILES string of the molecule is CNCCCC1(C)OCCO1. The van der Waals surface area contributed by atoms with Crippen LogP contribution >= 0.6 is 0 Å². The highest BCUT2D eigenvalue weighted by molar-refractivity contribution is 4.68. The molecule has 0 bridgehead atoms. The molecule has 0 aliphatic carbocycles. The van der Waals surface area contributed by atoms with Crippen LogP contribution in [0.25, 0.3) is 0 Å². The van der Waals surface area contributed by atoms with Crippen LogP contribution in [0.5, 0.6) is 0 Å². The Bertz CT molecular complexity index is 111. The number of ether oxygens (including phenoxy) is 2. The molecule has 0 aromatic carbocycles. The van der Waals surface area contributed by atoms with E-state index < -0.39 is 0 Å². The Kier molecular flexibility index (Phi) is 3.30. The maximum atomic E-state index is 5.44. The molecule has 0 aromatic heterocycles. The number of hydrogen-bond acceptors (Lipinski definition) is 3. The average Bonchev–Trinajstić information content (AvgIpc) is 2.38. The molecule has 0 atom stereocenters. The van der Waals surface area contributed by atoms with Gasteiger partial charge in [-0.05, 0) is 26.9 Å². The third-order valence-corrected chi connectivity index (χ3v) is 1.96. The van der Waals surface area contributed by atoms with Gasteiger partial charge < -0.3 is 14.8 Å². The van der Waals surface area contributed by atoms with Crippen LogP contribution in [0, 0.1) is 0 Å². The highest BCUT2D eigenvalue weighted by Crippen LogP contribution is 2.23. The first-order valence-corrected chi connectivity index (χ1v) is 4.19. The fourth-order valence-corrected chi connectivity index (χ4v) is 1.29. The monoisotopic (exact) mass is 159 g/mol. The van der Waals surface area contributed by atoms with Gasteiger partial charge in [0, 0.05) is 6.42 Å². The first-order valence-electron chi connectivity index (χ1n) is 4.19. The van der Waals surface area contributed by atoms with Crippen molar-refractivity contribution in [3.63, 3.8) is 0 Å². The van der Waals surface area contributed by atoms with E-state index in [1.54, 1.807) is 0 Å². The molecule has 11 heavy (non-hydrogen) atoms. The van der Waals surface area contributed by atoms with Gasteiger partial charge in [-0.1, -0.05) is 0 Å². The molecule has 1 N–H and O–H groups in total. The molecule has 1 fully saturated rings. The summed E-state index contributed by atoms with van der Waals surface area (Å²) in [5.41, 5.74) is 0. The Morgan fingerprint density at radius 2 is 2.00 bits per heavy atom. The molecule has 1 saturated heterocycles. The average molecular weight is 159 g/mol. The van der Waals surface area contributed by atoms with Gasteiger partial charge in [-0.3, -0.25) is 0 Å². The van der Waals surface area contributed by atoms with Crippen molar-refractivity contribution >= 4 is 0 Å². The van der Waals surface area contributed by atoms with Gasteiger partial charge in [-0.15, -0.1) is 0 Å². The van der Waals surface area contributed by atoms with Gasteiger partial charge in [0.1, 0.15) is 0 Å². The lowest BCUT2D eigenvalue weighted by Gasteiger charge is -2.21. The summed E-state index contributed by atoms with van der Waals surface area (Å²) in [5, 5.41) is 3.10. The van der Waals surface area contributed by atoms with Crippen molar-refractivity contribution in [2.24, 2.45) is 0 Å². The molecule has 0 amide bonds. The van der Waals surface area contributed by atoms with Crippen LogP contribution in [0.2, 0.25) is 0 Å². The molecule has 1 aliphatic rings. The van der Waals surface area contributed by atoms with Gasteiger partial charge in [0.25, 0.3) is 0 Å². The second-order valence-electron chi connectivity index (χ2n) is 3.04. The van der Waals surface area contributed by atoms with Gasteiger partial charge in [-0.25, -0.2) is 0 Å². The predicted octanol–water partition coefficient (Wildman–Crippen LogP) is 0.749. The zero-order valence-electron chi connectivity index (χ0n) is 7.35. The fraction of sp³-hybridized carbons (Fsp3) is 1.00. The lowest BCUT2D eigenvalue weighted by atomic mass is 10.2. The van der Waals surface area contributed by atoms with Crippen LogP contribution in [0.3, 0.4) is 0 Å². The van der Waals surface area contributed by atoms with Gasteiger partial charge >= 0.3 is 0 Å². The summed E-state index contributed by atoms with van der Waals surface area (Å²) in [7, 11) is 1.96. The second kappa shape index (κ2) is 4.04. The maximum absolute atomic E-state index is 5.44. The van der Waals surface area contributed by atoms with E-state index in [-0.39, 0.29) is 5.79 Å². The summed E-state index contributed by atoms with van der Waals surface area (Å²) in [6.45, 7) is 4.53. The van der Waals surface area contributed by atoms with Crippen molar-refractivity contribution in [3.8, 4) is 0 Å². The van der Waals surface area contributed by atoms with Gasteiger partial charge in [0.2, 0.25) is 0 Å². The third kappa shape index (κ3) is 2.77. The lowest BCUT2D eigenvalue weighted by Crippen LogP contribution is -2.26. The highest BCUT2D eigenvalue weighted by Gasteiger charge is 2.29. The maximum Gasteiger partial charge on any atom is 0.165 e. The summed E-state index contributed by atoms with van der Waals surface area (Å²) < 4.78 is 10.9. The van der Waals surface area contributed by atoms with Crippen LogP contribution in [-0.2, 0) is 9.47 Å². The normalized spacial score (nSPS) is 22.4. The molecule has 1 heterocycles. The topological polar surface area (TPSA) is 30.5 Å². The van der Waals surface area contributed by atoms with Gasteiger partial charge in [0.15, 0.2) is 5.79 Å². The van der Waals surface area contributed by atoms with Crippen molar-refractivity contribution in [2.45, 2.75) is 25.6 Å². The Balaban J connectivity index is 2.13. The lowest BCUT2D eigenvalue weighted by molar-refractivity contribution is -0.147. The summed E-state index contributed by atoms with van der Waals surface area (Å²) in [4.78, 5) is 0. The Morgan fingerprint density at radius 3 is 2.55 bits per heavy atom. The molecule has 0 unspecified atom stereocenters. The Morgan fingerprint density at radius 1 is 1.36 bits per heavy atom. The quantitative estimate of drug-likeness (QED) is 0.614. The molecule has 66 valence electrons. The predicted molar refractivity (Wildman–Crippen MR) is 43.5 cm³/mol. The molecule has 0 aromatic rings. The molecular formula is C8H17NO2. The van der Waals surface area contributed by atoms with Crippen LogP contribution in [0.4, 0.5) is 0 Å². The van der Waals surface area contributed by atoms with Crippen molar-refractivity contribution in [3.05, 3.63) is 0 Å². The minimum Gasteiger partial charge on any atom is -0.348 e. The largest absolute Gasteiger partial charge is 0.348 e. The zero-order chi connectivity index (χ0) is 8.16. The van der Waals surface area contributed by atoms with Crippen molar-refractivity contribution in [1.29, 1.82) is 0 Å². The summed E-state index contributed by atoms with van der Waals surface area (Å²) in [6, 6.07) is 0. The van der Waals surface area contributed by atoms with E-state index in [1.807, 2.05) is 14.0 Å². The van der Waals surface area contributed by atoms with E-state index in [0.717, 1.165) is 32.6 Å². The molecule has 0 spiro atoms. The van der Waals surface area contributed by atoms with Gasteiger partial charge in [-0.2, -0.15) is 0 Å². The molecule has 3 nitrogen and oxygen atoms in total. The first-order chi connectivity index (χ1) is 5.27. The van der Waals surface area contributed by atoms with Crippen LogP contribution in [-0.4, -0.2) is 32.6 Å². The Hall–Kier alpha value is -0.120. The number of hydrogen-bond donors (Lipinski definition) is 1. The summed E-state index contributed by atoms with van der Waals surface area (Å²) >= 11 is 0. The van der Waals surface area contributed by atoms with E-state index in [9.17, 15) is 0 Å². The fourth-order valence-electron chi connectivity index (χ4n) is 1.29. The minimum atomic E-state index is -0.295. The Labute approximate surface area is 68.1 Å². The van der Waals surface area contributed by atoms with Crippen molar-refractivity contribution in [1.82, 2.24) is 5.32 Å². The number of rotatable bonds is 4. The molecule has 0 saturated carbocycles. The molecule has 1 aliphatic heterocycles. The second-order valence-corrected chi connectivity index (χ2v) is 3.04. The van der Waals surface area contributed by atoms with Crippen molar-refractivity contribution in [2.75, 3.05) is 26.8 Å². The van der Waals surface area contributed by atoms with Gasteiger partial charge in [0.05, 0.1) is 13.2 Å². The summed E-state index contributed by atoms with van der Waals surface area (Å²) in [6.07, 6.45) is 2.08. The van der Waals surface area contributed by atoms with E-state index in [4.69, 9.17) is 9.47 Å². The number of nitrogens with one attached hydrogen (secondary N) is 1. The molecule has 1 rings (SSSR count). The standard InChI is InChI=1S/C8H17NO2/c1-8(4-3-5-9-2)10-6-7-11-8/h9H,3-7H2,1-2H3. The minimum absolute atomic E-state index is 0.295. The van der Waals surface area contributed by atoms with Crippen LogP contribution in [0.1, 0.15) is 19.8 Å². The third-order valence-electron chi connectivity index (χ3n) is 1.96. The summed E-state index contributed by atoms with van der Waals surface area (Å²) in [5.74, 6) is -0.295.